The molecule has 1 heterocycles. The molecular formula is C10H11FN2O3. The van der Waals surface area contributed by atoms with Crippen LogP contribution in [0.15, 0.2) is 12.3 Å². The molecule has 0 radical (unpaired) electrons. The maximum absolute atomic E-state index is 13.3. The van der Waals surface area contributed by atoms with Crippen molar-refractivity contribution in [3.8, 4) is 0 Å². The maximum atomic E-state index is 13.3. The summed E-state index contributed by atoms with van der Waals surface area (Å²) in [4.78, 5) is 25.3. The average Bonchev–Trinajstić information content (AvgIpc) is 2.25. The van der Waals surface area contributed by atoms with Crippen molar-refractivity contribution in [1.29, 1.82) is 0 Å². The van der Waals surface area contributed by atoms with Gasteiger partial charge in [-0.3, -0.25) is 14.6 Å². The van der Waals surface area contributed by atoms with Crippen LogP contribution in [0, 0.1) is 5.82 Å². The molecule has 1 aromatic heterocycles. The Bertz CT molecular complexity index is 421. The number of halogens is 1. The van der Waals surface area contributed by atoms with Crippen LogP contribution in [0.25, 0.3) is 0 Å². The molecule has 0 spiro atoms. The third-order valence-electron chi connectivity index (χ3n) is 1.91. The van der Waals surface area contributed by atoms with E-state index in [2.05, 4.69) is 10.3 Å². The number of carboxylic acids is 1. The Labute approximate surface area is 91.3 Å². The van der Waals surface area contributed by atoms with Crippen molar-refractivity contribution < 1.29 is 19.1 Å². The number of nitrogens with zero attached hydrogens (tertiary/aromatic N) is 1. The van der Waals surface area contributed by atoms with Crippen molar-refractivity contribution in [2.45, 2.75) is 13.3 Å². The molecule has 0 atom stereocenters. The Morgan fingerprint density at radius 2 is 2.25 bits per heavy atom. The van der Waals surface area contributed by atoms with E-state index in [-0.39, 0.29) is 11.3 Å². The zero-order valence-corrected chi connectivity index (χ0v) is 8.66. The van der Waals surface area contributed by atoms with Gasteiger partial charge < -0.3 is 10.4 Å². The zero-order chi connectivity index (χ0) is 12.1. The Morgan fingerprint density at radius 1 is 1.56 bits per heavy atom. The minimum absolute atomic E-state index is 0.0101. The summed E-state index contributed by atoms with van der Waals surface area (Å²) in [5.74, 6) is -2.38. The van der Waals surface area contributed by atoms with Crippen LogP contribution in [0.3, 0.4) is 0 Å². The predicted octanol–water partition coefficient (Wildman–Crippen LogP) is 0.597. The summed E-state index contributed by atoms with van der Waals surface area (Å²) in [5, 5.41) is 10.5. The maximum Gasteiger partial charge on any atom is 0.322 e. The fraction of sp³-hybridized carbons (Fsp3) is 0.300. The highest BCUT2D eigenvalue weighted by atomic mass is 19.1. The molecule has 0 aliphatic rings. The van der Waals surface area contributed by atoms with Crippen molar-refractivity contribution in [2.24, 2.45) is 0 Å². The topological polar surface area (TPSA) is 79.3 Å². The summed E-state index contributed by atoms with van der Waals surface area (Å²) in [6, 6.07) is 1.04. The minimum Gasteiger partial charge on any atom is -0.480 e. The lowest BCUT2D eigenvalue weighted by atomic mass is 10.2. The standard InChI is InChI=1S/C10H11FN2O3/c1-2-8-7(11)3-6(4-12-8)10(16)13-5-9(14)15/h3-4H,2,5H2,1H3,(H,13,16)(H,14,15). The summed E-state index contributed by atoms with van der Waals surface area (Å²) in [6.45, 7) is 1.24. The number of aliphatic carboxylic acids is 1. The van der Waals surface area contributed by atoms with E-state index in [0.29, 0.717) is 6.42 Å². The van der Waals surface area contributed by atoms with Crippen LogP contribution >= 0.6 is 0 Å². The van der Waals surface area contributed by atoms with Gasteiger partial charge in [0, 0.05) is 6.20 Å². The van der Waals surface area contributed by atoms with Crippen molar-refractivity contribution in [1.82, 2.24) is 10.3 Å². The molecule has 16 heavy (non-hydrogen) atoms. The fourth-order valence-corrected chi connectivity index (χ4v) is 1.11. The smallest absolute Gasteiger partial charge is 0.322 e. The van der Waals surface area contributed by atoms with E-state index in [4.69, 9.17) is 5.11 Å². The van der Waals surface area contributed by atoms with Crippen LogP contribution in [-0.4, -0.2) is 28.5 Å². The normalized spacial score (nSPS) is 9.88. The number of hydrogen-bond acceptors (Lipinski definition) is 3. The van der Waals surface area contributed by atoms with Crippen molar-refractivity contribution in [2.75, 3.05) is 6.54 Å². The molecule has 0 aliphatic carbocycles. The number of aryl methyl sites for hydroxylation is 1. The number of rotatable bonds is 4. The number of amides is 1. The lowest BCUT2D eigenvalue weighted by Crippen LogP contribution is -2.29. The van der Waals surface area contributed by atoms with Crippen LogP contribution in [0.2, 0.25) is 0 Å². The SMILES string of the molecule is CCc1ncc(C(=O)NCC(=O)O)cc1F. The van der Waals surface area contributed by atoms with Crippen LogP contribution in [0.1, 0.15) is 23.0 Å². The van der Waals surface area contributed by atoms with E-state index in [0.717, 1.165) is 6.07 Å². The molecular weight excluding hydrogens is 215 g/mol. The molecule has 1 rings (SSSR count). The molecule has 2 N–H and O–H groups in total. The average molecular weight is 226 g/mol. The van der Waals surface area contributed by atoms with Gasteiger partial charge in [-0.2, -0.15) is 0 Å². The molecule has 0 saturated carbocycles. The van der Waals surface area contributed by atoms with Gasteiger partial charge >= 0.3 is 5.97 Å². The predicted molar refractivity (Wildman–Crippen MR) is 53.5 cm³/mol. The highest BCUT2D eigenvalue weighted by Crippen LogP contribution is 2.07. The lowest BCUT2D eigenvalue weighted by Gasteiger charge is -2.03. The first-order chi connectivity index (χ1) is 7.54. The van der Waals surface area contributed by atoms with Crippen LogP contribution in [0.5, 0.6) is 0 Å². The van der Waals surface area contributed by atoms with E-state index < -0.39 is 24.2 Å². The van der Waals surface area contributed by atoms with Crippen molar-refractivity contribution in [3.05, 3.63) is 29.3 Å². The lowest BCUT2D eigenvalue weighted by molar-refractivity contribution is -0.135. The van der Waals surface area contributed by atoms with Crippen molar-refractivity contribution >= 4 is 11.9 Å². The molecule has 0 unspecified atom stereocenters. The van der Waals surface area contributed by atoms with E-state index in [1.807, 2.05) is 0 Å². The number of hydrogen-bond donors (Lipinski definition) is 2. The number of carbonyl (C=O) groups is 2. The number of aromatic nitrogens is 1. The Balaban J connectivity index is 2.77. The zero-order valence-electron chi connectivity index (χ0n) is 8.66. The fourth-order valence-electron chi connectivity index (χ4n) is 1.11. The number of carbonyl (C=O) groups excluding carboxylic acids is 1. The van der Waals surface area contributed by atoms with Crippen molar-refractivity contribution in [3.63, 3.8) is 0 Å². The number of pyridine rings is 1. The van der Waals surface area contributed by atoms with Gasteiger partial charge in [-0.05, 0) is 12.5 Å². The van der Waals surface area contributed by atoms with Crippen LogP contribution in [0.4, 0.5) is 4.39 Å². The summed E-state index contributed by atoms with van der Waals surface area (Å²) in [6.07, 6.45) is 1.65. The number of carboxylic acid groups (broad SMARTS) is 1. The minimum atomic E-state index is -1.16. The van der Waals surface area contributed by atoms with Gasteiger partial charge in [-0.1, -0.05) is 6.92 Å². The second kappa shape index (κ2) is 5.20. The molecule has 1 aromatic rings. The Morgan fingerprint density at radius 3 is 2.75 bits per heavy atom. The van der Waals surface area contributed by atoms with E-state index in [9.17, 15) is 14.0 Å². The summed E-state index contributed by atoms with van der Waals surface area (Å²) < 4.78 is 13.3. The molecule has 1 amide bonds. The Kier molecular flexibility index (Phi) is 3.93. The van der Waals surface area contributed by atoms with Gasteiger partial charge in [0.25, 0.3) is 5.91 Å². The van der Waals surface area contributed by atoms with Gasteiger partial charge in [0.05, 0.1) is 11.3 Å². The van der Waals surface area contributed by atoms with Crippen LogP contribution < -0.4 is 5.32 Å². The Hall–Kier alpha value is -1.98. The van der Waals surface area contributed by atoms with Gasteiger partial charge in [0.2, 0.25) is 0 Å². The largest absolute Gasteiger partial charge is 0.480 e. The summed E-state index contributed by atoms with van der Waals surface area (Å²) >= 11 is 0. The monoisotopic (exact) mass is 226 g/mol. The molecule has 86 valence electrons. The van der Waals surface area contributed by atoms with Gasteiger partial charge in [-0.15, -0.1) is 0 Å². The summed E-state index contributed by atoms with van der Waals surface area (Å²) in [7, 11) is 0. The molecule has 0 bridgehead atoms. The third kappa shape index (κ3) is 3.01. The van der Waals surface area contributed by atoms with Gasteiger partial charge in [0.15, 0.2) is 0 Å². The molecule has 6 heteroatoms. The van der Waals surface area contributed by atoms with Gasteiger partial charge in [0.1, 0.15) is 12.4 Å². The van der Waals surface area contributed by atoms with E-state index in [1.54, 1.807) is 6.92 Å². The second-order valence-electron chi connectivity index (χ2n) is 3.08. The summed E-state index contributed by atoms with van der Waals surface area (Å²) in [5.41, 5.74) is 0.283. The molecule has 0 fully saturated rings. The van der Waals surface area contributed by atoms with Gasteiger partial charge in [-0.25, -0.2) is 4.39 Å². The molecule has 0 saturated heterocycles. The van der Waals surface area contributed by atoms with E-state index in [1.165, 1.54) is 6.20 Å². The first-order valence-corrected chi connectivity index (χ1v) is 4.69. The van der Waals surface area contributed by atoms with E-state index >= 15 is 0 Å². The molecule has 0 aliphatic heterocycles. The van der Waals surface area contributed by atoms with Crippen LogP contribution in [-0.2, 0) is 11.2 Å². The molecule has 0 aromatic carbocycles. The quantitative estimate of drug-likeness (QED) is 0.787. The highest BCUT2D eigenvalue weighted by molar-refractivity contribution is 5.95. The number of nitrogens with one attached hydrogen (secondary N) is 1. The second-order valence-corrected chi connectivity index (χ2v) is 3.08. The molecule has 5 nitrogen and oxygen atoms in total. The first-order valence-electron chi connectivity index (χ1n) is 4.69. The third-order valence-corrected chi connectivity index (χ3v) is 1.91. The highest BCUT2D eigenvalue weighted by Gasteiger charge is 2.10. The first kappa shape index (κ1) is 12.1.